The van der Waals surface area contributed by atoms with Gasteiger partial charge in [-0.05, 0) is 33.7 Å². The molecule has 1 fully saturated rings. The summed E-state index contributed by atoms with van der Waals surface area (Å²) in [6.45, 7) is 5.00. The zero-order valence-electron chi connectivity index (χ0n) is 9.45. The second kappa shape index (κ2) is 5.33. The zero-order chi connectivity index (χ0) is 10.6. The Bertz CT molecular complexity index is 203. The summed E-state index contributed by atoms with van der Waals surface area (Å²) in [4.78, 5) is 2.31. The molecule has 1 atom stereocenters. The molecule has 0 heterocycles. The minimum Gasteiger partial charge on any atom is -0.301 e. The maximum absolute atomic E-state index is 8.96. The van der Waals surface area contributed by atoms with Crippen LogP contribution in [0, 0.1) is 11.3 Å². The lowest BCUT2D eigenvalue weighted by Gasteiger charge is -2.36. The quantitative estimate of drug-likeness (QED) is 0.720. The zero-order valence-corrected chi connectivity index (χ0v) is 9.45. The van der Waals surface area contributed by atoms with Gasteiger partial charge in [0.2, 0.25) is 0 Å². The Balaban J connectivity index is 2.28. The van der Waals surface area contributed by atoms with E-state index in [-0.39, 0.29) is 6.04 Å². The number of nitrogens with one attached hydrogen (secondary N) is 1. The topological polar surface area (TPSA) is 39.1 Å². The maximum Gasteiger partial charge on any atom is 0.108 e. The predicted octanol–water partition coefficient (Wildman–Crippen LogP) is 1.36. The molecule has 1 saturated carbocycles. The van der Waals surface area contributed by atoms with Crippen molar-refractivity contribution in [2.75, 3.05) is 13.6 Å². The largest absolute Gasteiger partial charge is 0.301 e. The van der Waals surface area contributed by atoms with Gasteiger partial charge in [0.05, 0.1) is 6.07 Å². The van der Waals surface area contributed by atoms with Crippen LogP contribution >= 0.6 is 0 Å². The second-order valence-electron chi connectivity index (χ2n) is 4.53. The van der Waals surface area contributed by atoms with Crippen LogP contribution in [0.5, 0.6) is 0 Å². The Morgan fingerprint density at radius 2 is 2.14 bits per heavy atom. The minimum atomic E-state index is -0.0272. The van der Waals surface area contributed by atoms with Crippen molar-refractivity contribution in [3.8, 4) is 6.07 Å². The standard InChI is InChI=1S/C11H21N3/c1-9(2)13-10(7-12)8-14(3)11-5-4-6-11/h9-11,13H,4-6,8H2,1-3H3. The molecule has 1 rings (SSSR count). The SMILES string of the molecule is CC(C)NC(C#N)CN(C)C1CCC1. The molecule has 0 saturated heterocycles. The van der Waals surface area contributed by atoms with Gasteiger partial charge >= 0.3 is 0 Å². The first-order chi connectivity index (χ1) is 6.63. The van der Waals surface area contributed by atoms with Gasteiger partial charge in [-0.3, -0.25) is 5.32 Å². The van der Waals surface area contributed by atoms with Crippen LogP contribution in [-0.2, 0) is 0 Å². The van der Waals surface area contributed by atoms with Gasteiger partial charge in [-0.25, -0.2) is 0 Å². The minimum absolute atomic E-state index is 0.0272. The third-order valence-corrected chi connectivity index (χ3v) is 2.86. The smallest absolute Gasteiger partial charge is 0.108 e. The third kappa shape index (κ3) is 3.28. The summed E-state index contributed by atoms with van der Waals surface area (Å²) in [5.74, 6) is 0. The van der Waals surface area contributed by atoms with Crippen LogP contribution in [-0.4, -0.2) is 36.6 Å². The molecule has 0 radical (unpaired) electrons. The van der Waals surface area contributed by atoms with E-state index < -0.39 is 0 Å². The molecule has 3 nitrogen and oxygen atoms in total. The van der Waals surface area contributed by atoms with Crippen LogP contribution in [0.3, 0.4) is 0 Å². The third-order valence-electron chi connectivity index (χ3n) is 2.86. The number of hydrogen-bond acceptors (Lipinski definition) is 3. The van der Waals surface area contributed by atoms with E-state index in [1.807, 2.05) is 0 Å². The Labute approximate surface area is 87.1 Å². The lowest BCUT2D eigenvalue weighted by atomic mass is 9.91. The van der Waals surface area contributed by atoms with E-state index in [0.717, 1.165) is 12.6 Å². The molecule has 0 bridgehead atoms. The van der Waals surface area contributed by atoms with Crippen molar-refractivity contribution in [3.05, 3.63) is 0 Å². The highest BCUT2D eigenvalue weighted by atomic mass is 15.2. The van der Waals surface area contributed by atoms with E-state index in [4.69, 9.17) is 5.26 Å². The van der Waals surface area contributed by atoms with Gasteiger partial charge in [0, 0.05) is 18.6 Å². The van der Waals surface area contributed by atoms with Crippen LogP contribution in [0.15, 0.2) is 0 Å². The first kappa shape index (κ1) is 11.5. The van der Waals surface area contributed by atoms with Gasteiger partial charge in [0.25, 0.3) is 0 Å². The number of nitriles is 1. The first-order valence-corrected chi connectivity index (χ1v) is 5.49. The molecule has 0 amide bonds. The second-order valence-corrected chi connectivity index (χ2v) is 4.53. The highest BCUT2D eigenvalue weighted by Crippen LogP contribution is 2.23. The summed E-state index contributed by atoms with van der Waals surface area (Å²) in [5, 5.41) is 12.2. The van der Waals surface area contributed by atoms with Crippen molar-refractivity contribution >= 4 is 0 Å². The average molecular weight is 195 g/mol. The van der Waals surface area contributed by atoms with Crippen LogP contribution in [0.1, 0.15) is 33.1 Å². The molecule has 14 heavy (non-hydrogen) atoms. The van der Waals surface area contributed by atoms with Gasteiger partial charge in [-0.2, -0.15) is 5.26 Å². The van der Waals surface area contributed by atoms with Crippen LogP contribution in [0.4, 0.5) is 0 Å². The Hall–Kier alpha value is -0.590. The lowest BCUT2D eigenvalue weighted by molar-refractivity contribution is 0.151. The van der Waals surface area contributed by atoms with Crippen molar-refractivity contribution in [2.45, 2.75) is 51.2 Å². The number of hydrogen-bond donors (Lipinski definition) is 1. The summed E-state index contributed by atoms with van der Waals surface area (Å²) in [7, 11) is 2.12. The highest BCUT2D eigenvalue weighted by molar-refractivity contribution is 4.94. The van der Waals surface area contributed by atoms with E-state index in [0.29, 0.717) is 6.04 Å². The highest BCUT2D eigenvalue weighted by Gasteiger charge is 2.23. The first-order valence-electron chi connectivity index (χ1n) is 5.49. The van der Waals surface area contributed by atoms with E-state index >= 15 is 0 Å². The number of nitrogens with zero attached hydrogens (tertiary/aromatic N) is 2. The molecule has 3 heteroatoms. The molecule has 1 aliphatic carbocycles. The van der Waals surface area contributed by atoms with Crippen LogP contribution in [0.2, 0.25) is 0 Å². The van der Waals surface area contributed by atoms with E-state index in [9.17, 15) is 0 Å². The molecular formula is C11H21N3. The molecule has 0 aliphatic heterocycles. The van der Waals surface area contributed by atoms with E-state index in [1.165, 1.54) is 19.3 Å². The Morgan fingerprint density at radius 3 is 2.50 bits per heavy atom. The van der Waals surface area contributed by atoms with Crippen LogP contribution in [0.25, 0.3) is 0 Å². The fraction of sp³-hybridized carbons (Fsp3) is 0.909. The molecule has 0 aromatic heterocycles. The predicted molar refractivity (Wildman–Crippen MR) is 57.9 cm³/mol. The number of likely N-dealkylation sites (N-methyl/N-ethyl adjacent to an activating group) is 1. The summed E-state index contributed by atoms with van der Waals surface area (Å²) in [6.07, 6.45) is 3.95. The molecule has 0 aromatic carbocycles. The van der Waals surface area contributed by atoms with Gasteiger partial charge in [-0.1, -0.05) is 6.42 Å². The summed E-state index contributed by atoms with van der Waals surface area (Å²) >= 11 is 0. The molecule has 1 N–H and O–H groups in total. The molecule has 0 spiro atoms. The van der Waals surface area contributed by atoms with E-state index in [1.54, 1.807) is 0 Å². The van der Waals surface area contributed by atoms with Crippen molar-refractivity contribution in [1.29, 1.82) is 5.26 Å². The van der Waals surface area contributed by atoms with Crippen LogP contribution < -0.4 is 5.32 Å². The van der Waals surface area contributed by atoms with Crippen molar-refractivity contribution in [2.24, 2.45) is 0 Å². The van der Waals surface area contributed by atoms with Gasteiger partial charge < -0.3 is 4.90 Å². The lowest BCUT2D eigenvalue weighted by Crippen LogP contribution is -2.47. The Kier molecular flexibility index (Phi) is 4.37. The fourth-order valence-electron chi connectivity index (χ4n) is 1.80. The molecule has 0 aromatic rings. The fourth-order valence-corrected chi connectivity index (χ4v) is 1.80. The van der Waals surface area contributed by atoms with Crippen molar-refractivity contribution in [3.63, 3.8) is 0 Å². The van der Waals surface area contributed by atoms with Crippen molar-refractivity contribution < 1.29 is 0 Å². The molecule has 80 valence electrons. The van der Waals surface area contributed by atoms with E-state index in [2.05, 4.69) is 37.2 Å². The average Bonchev–Trinajstić information content (AvgIpc) is 1.98. The maximum atomic E-state index is 8.96. The molecular weight excluding hydrogens is 174 g/mol. The normalized spacial score (nSPS) is 19.4. The summed E-state index contributed by atoms with van der Waals surface area (Å²) in [5.41, 5.74) is 0. The van der Waals surface area contributed by atoms with Gasteiger partial charge in [-0.15, -0.1) is 0 Å². The molecule has 1 aliphatic rings. The summed E-state index contributed by atoms with van der Waals surface area (Å²) in [6, 6.07) is 3.39. The number of rotatable bonds is 5. The monoisotopic (exact) mass is 195 g/mol. The van der Waals surface area contributed by atoms with Gasteiger partial charge in [0.15, 0.2) is 0 Å². The van der Waals surface area contributed by atoms with Gasteiger partial charge in [0.1, 0.15) is 6.04 Å². The Morgan fingerprint density at radius 1 is 1.50 bits per heavy atom. The molecule has 1 unspecified atom stereocenters. The summed E-state index contributed by atoms with van der Waals surface area (Å²) < 4.78 is 0. The van der Waals surface area contributed by atoms with Crippen molar-refractivity contribution in [1.82, 2.24) is 10.2 Å².